The number of sulfonamides is 1. The number of carbonyl (C=O) groups excluding carboxylic acids is 2. The highest BCUT2D eigenvalue weighted by Gasteiger charge is 2.27. The van der Waals surface area contributed by atoms with E-state index in [9.17, 15) is 26.8 Å². The van der Waals surface area contributed by atoms with E-state index in [1.807, 2.05) is 6.92 Å². The van der Waals surface area contributed by atoms with Gasteiger partial charge in [0.05, 0.1) is 22.0 Å². The lowest BCUT2D eigenvalue weighted by Crippen LogP contribution is -2.47. The quantitative estimate of drug-likeness (QED) is 0.403. The number of amides is 2. The van der Waals surface area contributed by atoms with Gasteiger partial charge in [-0.3, -0.25) is 13.9 Å². The van der Waals surface area contributed by atoms with E-state index >= 15 is 0 Å². The van der Waals surface area contributed by atoms with E-state index in [1.165, 1.54) is 4.90 Å². The monoisotopic (exact) mass is 563 g/mol. The van der Waals surface area contributed by atoms with Gasteiger partial charge in [-0.05, 0) is 49.6 Å². The van der Waals surface area contributed by atoms with E-state index in [2.05, 4.69) is 5.32 Å². The fourth-order valence-corrected chi connectivity index (χ4v) is 4.74. The second kappa shape index (κ2) is 13.2. The van der Waals surface area contributed by atoms with Gasteiger partial charge in [0.2, 0.25) is 21.8 Å². The smallest absolute Gasteiger partial charge is 0.242 e. The standard InChI is InChI=1S/C24H29Cl2F2N3O4S/c1-4-11-29-24(33)16(2)30(15-17-7-9-19(25)20(26)13-17)23(32)6-5-12-31(36(3,34)35)18-8-10-21(27)22(28)14-18/h7-10,13-14,16H,4-6,11-12,15H2,1-3H3,(H,29,33)/t16-/m0/s1. The first-order chi connectivity index (χ1) is 16.8. The summed E-state index contributed by atoms with van der Waals surface area (Å²) in [6.45, 7) is 3.90. The first-order valence-electron chi connectivity index (χ1n) is 11.3. The van der Waals surface area contributed by atoms with Crippen LogP contribution < -0.4 is 9.62 Å². The molecule has 1 N–H and O–H groups in total. The van der Waals surface area contributed by atoms with Gasteiger partial charge in [-0.1, -0.05) is 36.2 Å². The average molecular weight is 564 g/mol. The maximum atomic E-state index is 13.7. The fraction of sp³-hybridized carbons (Fsp3) is 0.417. The second-order valence-corrected chi connectivity index (χ2v) is 11.0. The molecule has 2 aromatic rings. The molecule has 36 heavy (non-hydrogen) atoms. The van der Waals surface area contributed by atoms with Crippen LogP contribution in [0.1, 0.15) is 38.7 Å². The minimum atomic E-state index is -3.84. The van der Waals surface area contributed by atoms with Crippen molar-refractivity contribution >= 4 is 50.7 Å². The Morgan fingerprint density at radius 2 is 1.75 bits per heavy atom. The lowest BCUT2D eigenvalue weighted by Gasteiger charge is -2.29. The number of anilines is 1. The molecule has 1 atom stereocenters. The Hall–Kier alpha value is -2.43. The molecular weight excluding hydrogens is 535 g/mol. The van der Waals surface area contributed by atoms with Gasteiger partial charge in [-0.2, -0.15) is 0 Å². The zero-order chi connectivity index (χ0) is 27.0. The molecule has 198 valence electrons. The number of hydrogen-bond acceptors (Lipinski definition) is 4. The Morgan fingerprint density at radius 1 is 1.06 bits per heavy atom. The number of hydrogen-bond donors (Lipinski definition) is 1. The highest BCUT2D eigenvalue weighted by Crippen LogP contribution is 2.25. The molecule has 0 unspecified atom stereocenters. The second-order valence-electron chi connectivity index (χ2n) is 8.27. The highest BCUT2D eigenvalue weighted by atomic mass is 35.5. The summed E-state index contributed by atoms with van der Waals surface area (Å²) in [5.41, 5.74) is 0.608. The Morgan fingerprint density at radius 3 is 2.33 bits per heavy atom. The maximum Gasteiger partial charge on any atom is 0.242 e. The molecule has 2 rings (SSSR count). The van der Waals surface area contributed by atoms with Crippen LogP contribution in [0.15, 0.2) is 36.4 Å². The Bertz CT molecular complexity index is 1200. The zero-order valence-corrected chi connectivity index (χ0v) is 22.6. The minimum Gasteiger partial charge on any atom is -0.354 e. The molecule has 0 spiro atoms. The third-order valence-corrected chi connectivity index (χ3v) is 7.33. The fourth-order valence-electron chi connectivity index (χ4n) is 3.46. The lowest BCUT2D eigenvalue weighted by molar-refractivity contribution is -0.140. The maximum absolute atomic E-state index is 13.7. The molecule has 7 nitrogen and oxygen atoms in total. The molecule has 2 amide bonds. The van der Waals surface area contributed by atoms with Crippen molar-refractivity contribution < 1.29 is 26.8 Å². The number of carbonyl (C=O) groups is 2. The van der Waals surface area contributed by atoms with Gasteiger partial charge in [0.1, 0.15) is 6.04 Å². The van der Waals surface area contributed by atoms with Gasteiger partial charge in [-0.15, -0.1) is 0 Å². The van der Waals surface area contributed by atoms with E-state index in [4.69, 9.17) is 23.2 Å². The predicted molar refractivity (Wildman–Crippen MR) is 138 cm³/mol. The molecule has 2 aromatic carbocycles. The third-order valence-electron chi connectivity index (χ3n) is 5.40. The van der Waals surface area contributed by atoms with Gasteiger partial charge in [-0.25, -0.2) is 17.2 Å². The predicted octanol–water partition coefficient (Wildman–Crippen LogP) is 4.76. The van der Waals surface area contributed by atoms with Gasteiger partial charge in [0.25, 0.3) is 0 Å². The van der Waals surface area contributed by atoms with Crippen molar-refractivity contribution in [1.29, 1.82) is 0 Å². The molecule has 12 heteroatoms. The summed E-state index contributed by atoms with van der Waals surface area (Å²) < 4.78 is 52.4. The number of halogens is 4. The largest absolute Gasteiger partial charge is 0.354 e. The molecule has 0 radical (unpaired) electrons. The average Bonchev–Trinajstić information content (AvgIpc) is 2.81. The highest BCUT2D eigenvalue weighted by molar-refractivity contribution is 7.92. The van der Waals surface area contributed by atoms with Crippen molar-refractivity contribution in [2.45, 2.75) is 45.7 Å². The molecule has 0 aliphatic rings. The van der Waals surface area contributed by atoms with E-state index in [1.54, 1.807) is 25.1 Å². The van der Waals surface area contributed by atoms with Crippen LogP contribution in [0.5, 0.6) is 0 Å². The van der Waals surface area contributed by atoms with E-state index in [-0.39, 0.29) is 43.4 Å². The number of nitrogens with zero attached hydrogens (tertiary/aromatic N) is 2. The van der Waals surface area contributed by atoms with Gasteiger partial charge >= 0.3 is 0 Å². The van der Waals surface area contributed by atoms with Crippen LogP contribution in [0, 0.1) is 11.6 Å². The SMILES string of the molecule is CCCNC(=O)[C@H](C)N(Cc1ccc(Cl)c(Cl)c1)C(=O)CCCN(c1ccc(F)c(F)c1)S(C)(=O)=O. The topological polar surface area (TPSA) is 86.8 Å². The summed E-state index contributed by atoms with van der Waals surface area (Å²) >= 11 is 12.1. The summed E-state index contributed by atoms with van der Waals surface area (Å²) in [6.07, 6.45) is 1.64. The summed E-state index contributed by atoms with van der Waals surface area (Å²) in [4.78, 5) is 27.2. The summed E-state index contributed by atoms with van der Waals surface area (Å²) in [5, 5.41) is 3.42. The number of nitrogens with one attached hydrogen (secondary N) is 1. The Labute approximate surface area is 220 Å². The first kappa shape index (κ1) is 29.8. The van der Waals surface area contributed by atoms with Crippen LogP contribution in [0.3, 0.4) is 0 Å². The van der Waals surface area contributed by atoms with Crippen molar-refractivity contribution in [1.82, 2.24) is 10.2 Å². The van der Waals surface area contributed by atoms with Crippen LogP contribution >= 0.6 is 23.2 Å². The normalized spacial score (nSPS) is 12.2. The van der Waals surface area contributed by atoms with E-state index in [0.717, 1.165) is 35.2 Å². The summed E-state index contributed by atoms with van der Waals surface area (Å²) in [5.74, 6) is -3.00. The van der Waals surface area contributed by atoms with Crippen molar-refractivity contribution in [3.8, 4) is 0 Å². The minimum absolute atomic E-state index is 0.0520. The number of benzene rings is 2. The lowest BCUT2D eigenvalue weighted by atomic mass is 10.1. The summed E-state index contributed by atoms with van der Waals surface area (Å²) in [7, 11) is -3.84. The molecule has 0 aliphatic heterocycles. The zero-order valence-electron chi connectivity index (χ0n) is 20.2. The summed E-state index contributed by atoms with van der Waals surface area (Å²) in [6, 6.07) is 6.86. The van der Waals surface area contributed by atoms with Crippen LogP contribution in [0.4, 0.5) is 14.5 Å². The molecular formula is C24H29Cl2F2N3O4S. The molecule has 0 saturated heterocycles. The molecule has 0 heterocycles. The third kappa shape index (κ3) is 8.31. The van der Waals surface area contributed by atoms with E-state index < -0.39 is 27.7 Å². The van der Waals surface area contributed by atoms with Gasteiger partial charge in [0, 0.05) is 32.1 Å². The van der Waals surface area contributed by atoms with Crippen LogP contribution in [0.2, 0.25) is 10.0 Å². The Balaban J connectivity index is 2.19. The molecule has 0 aromatic heterocycles. The van der Waals surface area contributed by atoms with Crippen LogP contribution in [-0.4, -0.2) is 50.5 Å². The molecule has 0 aliphatic carbocycles. The van der Waals surface area contributed by atoms with Gasteiger partial charge in [0.15, 0.2) is 11.6 Å². The van der Waals surface area contributed by atoms with Crippen LogP contribution in [-0.2, 0) is 26.2 Å². The molecule has 0 bridgehead atoms. The Kier molecular flexibility index (Phi) is 10.9. The molecule has 0 fully saturated rings. The number of rotatable bonds is 12. The van der Waals surface area contributed by atoms with Crippen molar-refractivity contribution in [3.63, 3.8) is 0 Å². The van der Waals surface area contributed by atoms with E-state index in [0.29, 0.717) is 22.2 Å². The first-order valence-corrected chi connectivity index (χ1v) is 13.9. The van der Waals surface area contributed by atoms with Crippen molar-refractivity contribution in [3.05, 3.63) is 63.6 Å². The van der Waals surface area contributed by atoms with Crippen LogP contribution in [0.25, 0.3) is 0 Å². The molecule has 0 saturated carbocycles. The van der Waals surface area contributed by atoms with Crippen molar-refractivity contribution in [2.75, 3.05) is 23.7 Å². The van der Waals surface area contributed by atoms with Gasteiger partial charge < -0.3 is 10.2 Å². The van der Waals surface area contributed by atoms with Crippen molar-refractivity contribution in [2.24, 2.45) is 0 Å².